The van der Waals surface area contributed by atoms with Crippen molar-refractivity contribution in [1.82, 2.24) is 5.32 Å². The Kier molecular flexibility index (Phi) is 32.3. The third-order valence-corrected chi connectivity index (χ3v) is 8.21. The van der Waals surface area contributed by atoms with Crippen molar-refractivity contribution in [3.63, 3.8) is 0 Å². The predicted molar refractivity (Wildman–Crippen MR) is 185 cm³/mol. The van der Waals surface area contributed by atoms with Crippen molar-refractivity contribution in [3.05, 3.63) is 36.5 Å². The number of hydrogen-bond acceptors (Lipinski definition) is 4. The lowest BCUT2D eigenvalue weighted by atomic mass is 10.0. The SMILES string of the molecule is CCCCCCCCCCCCC/C=C/CC/C=C/CC/C=C/C(O)C(CO)NC(=O)C(O)CCCCCCCCCC. The minimum Gasteiger partial charge on any atom is -0.394 e. The van der Waals surface area contributed by atoms with E-state index in [1.807, 2.05) is 6.08 Å². The number of carbonyl (C=O) groups excluding carboxylic acids is 1. The third kappa shape index (κ3) is 29.1. The largest absolute Gasteiger partial charge is 0.394 e. The Morgan fingerprint density at radius 2 is 0.953 bits per heavy atom. The molecule has 0 aliphatic carbocycles. The molecule has 3 atom stereocenters. The zero-order valence-corrected chi connectivity index (χ0v) is 28.3. The summed E-state index contributed by atoms with van der Waals surface area (Å²) in [6.07, 6.45) is 40.3. The quantitative estimate of drug-likeness (QED) is 0.0454. The molecule has 0 radical (unpaired) electrons. The maximum Gasteiger partial charge on any atom is 0.249 e. The van der Waals surface area contributed by atoms with Crippen LogP contribution < -0.4 is 5.32 Å². The molecule has 0 fully saturated rings. The first-order valence-electron chi connectivity index (χ1n) is 18.3. The summed E-state index contributed by atoms with van der Waals surface area (Å²) in [5.41, 5.74) is 0. The Labute approximate surface area is 266 Å². The van der Waals surface area contributed by atoms with Gasteiger partial charge in [-0.25, -0.2) is 0 Å². The third-order valence-electron chi connectivity index (χ3n) is 8.21. The summed E-state index contributed by atoms with van der Waals surface area (Å²) < 4.78 is 0. The fourth-order valence-electron chi connectivity index (χ4n) is 5.27. The molecule has 0 spiro atoms. The molecule has 252 valence electrons. The predicted octanol–water partition coefficient (Wildman–Crippen LogP) is 9.65. The maximum absolute atomic E-state index is 12.3. The molecule has 0 bridgehead atoms. The van der Waals surface area contributed by atoms with E-state index in [4.69, 9.17) is 0 Å². The number of aliphatic hydroxyl groups excluding tert-OH is 3. The van der Waals surface area contributed by atoms with Crippen LogP contribution >= 0.6 is 0 Å². The van der Waals surface area contributed by atoms with E-state index >= 15 is 0 Å². The minimum atomic E-state index is -1.10. The molecule has 0 aromatic heterocycles. The lowest BCUT2D eigenvalue weighted by molar-refractivity contribution is -0.131. The molecule has 0 saturated carbocycles. The average molecular weight is 606 g/mol. The molecule has 0 aliphatic heterocycles. The van der Waals surface area contributed by atoms with Gasteiger partial charge in [-0.1, -0.05) is 166 Å². The summed E-state index contributed by atoms with van der Waals surface area (Å²) in [6, 6.07) is -0.815. The molecule has 3 unspecified atom stereocenters. The van der Waals surface area contributed by atoms with Crippen molar-refractivity contribution in [2.24, 2.45) is 0 Å². The standard InChI is InChI=1S/C38H71NO4/c1-3-5-7-9-11-13-14-15-16-17-18-19-20-21-22-23-24-25-27-28-30-32-36(41)35(34-40)39-38(43)37(42)33-31-29-26-12-10-8-6-4-2/h20-21,24-25,30,32,35-37,40-42H,3-19,22-23,26-29,31,33-34H2,1-2H3,(H,39,43)/b21-20+,25-24+,32-30+. The second kappa shape index (κ2) is 33.5. The topological polar surface area (TPSA) is 89.8 Å². The number of unbranched alkanes of at least 4 members (excludes halogenated alkanes) is 20. The lowest BCUT2D eigenvalue weighted by Crippen LogP contribution is -2.48. The molecule has 1 amide bonds. The van der Waals surface area contributed by atoms with Crippen molar-refractivity contribution >= 4 is 5.91 Å². The summed E-state index contributed by atoms with van der Waals surface area (Å²) in [5, 5.41) is 32.8. The van der Waals surface area contributed by atoms with Gasteiger partial charge in [-0.3, -0.25) is 4.79 Å². The number of rotatable bonds is 32. The van der Waals surface area contributed by atoms with E-state index in [0.29, 0.717) is 6.42 Å². The van der Waals surface area contributed by atoms with Crippen molar-refractivity contribution in [2.45, 2.75) is 193 Å². The van der Waals surface area contributed by atoms with E-state index in [2.05, 4.69) is 43.5 Å². The highest BCUT2D eigenvalue weighted by atomic mass is 16.3. The van der Waals surface area contributed by atoms with Gasteiger partial charge < -0.3 is 20.6 Å². The van der Waals surface area contributed by atoms with Gasteiger partial charge in [0.25, 0.3) is 0 Å². The first kappa shape index (κ1) is 41.6. The van der Waals surface area contributed by atoms with Gasteiger partial charge in [0.15, 0.2) is 0 Å². The molecule has 5 nitrogen and oxygen atoms in total. The second-order valence-corrected chi connectivity index (χ2v) is 12.4. The fraction of sp³-hybridized carbons (Fsp3) is 0.816. The van der Waals surface area contributed by atoms with Crippen molar-refractivity contribution < 1.29 is 20.1 Å². The number of hydrogen-bond donors (Lipinski definition) is 4. The van der Waals surface area contributed by atoms with Gasteiger partial charge in [-0.2, -0.15) is 0 Å². The molecular weight excluding hydrogens is 534 g/mol. The highest BCUT2D eigenvalue weighted by molar-refractivity contribution is 5.80. The van der Waals surface area contributed by atoms with E-state index in [1.54, 1.807) is 6.08 Å². The van der Waals surface area contributed by atoms with Crippen LogP contribution in [-0.2, 0) is 4.79 Å². The summed E-state index contributed by atoms with van der Waals surface area (Å²) in [6.45, 7) is 4.11. The van der Waals surface area contributed by atoms with Crippen LogP contribution in [0.3, 0.4) is 0 Å². The van der Waals surface area contributed by atoms with E-state index in [1.165, 1.54) is 109 Å². The van der Waals surface area contributed by atoms with Crippen molar-refractivity contribution in [3.8, 4) is 0 Å². The first-order valence-corrected chi connectivity index (χ1v) is 18.3. The van der Waals surface area contributed by atoms with Crippen molar-refractivity contribution in [1.29, 1.82) is 0 Å². The Morgan fingerprint density at radius 3 is 1.42 bits per heavy atom. The van der Waals surface area contributed by atoms with E-state index in [0.717, 1.165) is 44.9 Å². The van der Waals surface area contributed by atoms with E-state index in [-0.39, 0.29) is 6.61 Å². The number of amides is 1. The number of carbonyl (C=O) groups is 1. The Bertz CT molecular complexity index is 675. The normalized spacial score (nSPS) is 14.3. The summed E-state index contributed by atoms with van der Waals surface area (Å²) >= 11 is 0. The smallest absolute Gasteiger partial charge is 0.249 e. The van der Waals surface area contributed by atoms with Gasteiger partial charge in [-0.05, 0) is 44.9 Å². The Balaban J connectivity index is 3.78. The second-order valence-electron chi connectivity index (χ2n) is 12.4. The van der Waals surface area contributed by atoms with Gasteiger partial charge in [0.2, 0.25) is 5.91 Å². The van der Waals surface area contributed by atoms with Gasteiger partial charge in [0.05, 0.1) is 18.8 Å². The first-order chi connectivity index (χ1) is 21.1. The zero-order chi connectivity index (χ0) is 31.6. The highest BCUT2D eigenvalue weighted by Crippen LogP contribution is 2.13. The molecule has 0 heterocycles. The summed E-state index contributed by atoms with van der Waals surface area (Å²) in [4.78, 5) is 12.3. The molecule has 4 N–H and O–H groups in total. The number of allylic oxidation sites excluding steroid dienone is 5. The van der Waals surface area contributed by atoms with Crippen LogP contribution in [0.25, 0.3) is 0 Å². The maximum atomic E-state index is 12.3. The highest BCUT2D eigenvalue weighted by Gasteiger charge is 2.22. The van der Waals surface area contributed by atoms with Gasteiger partial charge in [0.1, 0.15) is 6.10 Å². The van der Waals surface area contributed by atoms with Gasteiger partial charge in [-0.15, -0.1) is 0 Å². The lowest BCUT2D eigenvalue weighted by Gasteiger charge is -2.21. The van der Waals surface area contributed by atoms with Gasteiger partial charge in [0, 0.05) is 0 Å². The van der Waals surface area contributed by atoms with Crippen LogP contribution in [-0.4, -0.2) is 46.1 Å². The molecule has 0 aromatic rings. The van der Waals surface area contributed by atoms with Crippen LogP contribution in [0.2, 0.25) is 0 Å². The van der Waals surface area contributed by atoms with Crippen LogP contribution in [0.15, 0.2) is 36.5 Å². The molecule has 0 rings (SSSR count). The number of aliphatic hydroxyl groups is 3. The van der Waals surface area contributed by atoms with Crippen molar-refractivity contribution in [2.75, 3.05) is 6.61 Å². The summed E-state index contributed by atoms with van der Waals surface area (Å²) in [5.74, 6) is -0.523. The molecule has 0 aliphatic rings. The number of nitrogens with one attached hydrogen (secondary N) is 1. The molecule has 0 saturated heterocycles. The molecular formula is C38H71NO4. The monoisotopic (exact) mass is 606 g/mol. The minimum absolute atomic E-state index is 0.381. The Hall–Kier alpha value is -1.43. The van der Waals surface area contributed by atoms with E-state index < -0.39 is 24.2 Å². The van der Waals surface area contributed by atoms with Gasteiger partial charge >= 0.3 is 0 Å². The van der Waals surface area contributed by atoms with Crippen LogP contribution in [0, 0.1) is 0 Å². The van der Waals surface area contributed by atoms with E-state index in [9.17, 15) is 20.1 Å². The van der Waals surface area contributed by atoms with Crippen LogP contribution in [0.4, 0.5) is 0 Å². The molecule has 0 aromatic carbocycles. The zero-order valence-electron chi connectivity index (χ0n) is 28.3. The Morgan fingerprint density at radius 1 is 0.558 bits per heavy atom. The molecule has 43 heavy (non-hydrogen) atoms. The average Bonchev–Trinajstić information content (AvgIpc) is 3.01. The fourth-order valence-corrected chi connectivity index (χ4v) is 5.27. The summed E-state index contributed by atoms with van der Waals surface area (Å²) in [7, 11) is 0. The van der Waals surface area contributed by atoms with Crippen LogP contribution in [0.5, 0.6) is 0 Å². The van der Waals surface area contributed by atoms with Crippen LogP contribution in [0.1, 0.15) is 174 Å². The molecule has 5 heteroatoms.